The quantitative estimate of drug-likeness (QED) is 0.589. The Hall–Kier alpha value is -1.86. The van der Waals surface area contributed by atoms with Crippen molar-refractivity contribution in [3.05, 3.63) is 58.0 Å². The van der Waals surface area contributed by atoms with Crippen molar-refractivity contribution in [2.75, 3.05) is 0 Å². The number of aromatic nitrogens is 3. The molecule has 5 nitrogen and oxygen atoms in total. The van der Waals surface area contributed by atoms with Gasteiger partial charge in [-0.15, -0.1) is 10.2 Å². The minimum atomic E-state index is 0.284. The van der Waals surface area contributed by atoms with Crippen molar-refractivity contribution in [2.45, 2.75) is 30.1 Å². The Morgan fingerprint density at radius 2 is 2.09 bits per heavy atom. The standard InChI is InChI=1S/C16H14BrN3O2S/c1-2-20-14(8-11-6-4-3-5-7-11)18-19-16(20)23-15-13(17)9-12(10-21)22-15/h3-7,9-10H,2,8H2,1H3. The molecule has 0 spiro atoms. The summed E-state index contributed by atoms with van der Waals surface area (Å²) < 4.78 is 8.25. The fourth-order valence-corrected chi connectivity index (χ4v) is 3.64. The fourth-order valence-electron chi connectivity index (χ4n) is 2.20. The number of rotatable bonds is 6. The zero-order valence-electron chi connectivity index (χ0n) is 12.4. The van der Waals surface area contributed by atoms with E-state index in [0.717, 1.165) is 28.4 Å². The van der Waals surface area contributed by atoms with Gasteiger partial charge >= 0.3 is 0 Å². The number of halogens is 1. The topological polar surface area (TPSA) is 60.9 Å². The lowest BCUT2D eigenvalue weighted by atomic mass is 10.1. The van der Waals surface area contributed by atoms with Crippen LogP contribution in [0.5, 0.6) is 0 Å². The number of benzene rings is 1. The third-order valence-electron chi connectivity index (χ3n) is 3.29. The molecule has 0 aliphatic heterocycles. The largest absolute Gasteiger partial charge is 0.445 e. The maximum atomic E-state index is 10.8. The van der Waals surface area contributed by atoms with E-state index in [0.29, 0.717) is 11.4 Å². The summed E-state index contributed by atoms with van der Waals surface area (Å²) in [5.74, 6) is 1.19. The van der Waals surface area contributed by atoms with Crippen molar-refractivity contribution >= 4 is 34.0 Å². The van der Waals surface area contributed by atoms with Crippen LogP contribution >= 0.6 is 27.7 Å². The van der Waals surface area contributed by atoms with Gasteiger partial charge in [-0.25, -0.2) is 0 Å². The van der Waals surface area contributed by atoms with Gasteiger partial charge in [0.25, 0.3) is 0 Å². The summed E-state index contributed by atoms with van der Waals surface area (Å²) in [6.07, 6.45) is 1.40. The van der Waals surface area contributed by atoms with Crippen molar-refractivity contribution in [3.63, 3.8) is 0 Å². The lowest BCUT2D eigenvalue weighted by Gasteiger charge is -2.06. The van der Waals surface area contributed by atoms with Gasteiger partial charge in [0, 0.05) is 19.0 Å². The van der Waals surface area contributed by atoms with Crippen molar-refractivity contribution in [1.29, 1.82) is 0 Å². The highest BCUT2D eigenvalue weighted by Crippen LogP contribution is 2.35. The Morgan fingerprint density at radius 1 is 1.30 bits per heavy atom. The van der Waals surface area contributed by atoms with Crippen LogP contribution in [0.4, 0.5) is 0 Å². The molecule has 0 N–H and O–H groups in total. The maximum absolute atomic E-state index is 10.8. The molecule has 0 unspecified atom stereocenters. The second kappa shape index (κ2) is 7.14. The third-order valence-corrected chi connectivity index (χ3v) is 5.11. The smallest absolute Gasteiger partial charge is 0.199 e. The van der Waals surface area contributed by atoms with E-state index in [1.54, 1.807) is 6.07 Å². The second-order valence-corrected chi connectivity index (χ2v) is 6.60. The fraction of sp³-hybridized carbons (Fsp3) is 0.188. The first-order chi connectivity index (χ1) is 11.2. The molecule has 0 bridgehead atoms. The number of carbonyl (C=O) groups is 1. The van der Waals surface area contributed by atoms with Crippen molar-refractivity contribution in [3.8, 4) is 0 Å². The summed E-state index contributed by atoms with van der Waals surface area (Å²) in [4.78, 5) is 10.8. The van der Waals surface area contributed by atoms with E-state index in [-0.39, 0.29) is 5.76 Å². The van der Waals surface area contributed by atoms with Gasteiger partial charge in [0.05, 0.1) is 4.47 Å². The van der Waals surface area contributed by atoms with Crippen molar-refractivity contribution < 1.29 is 9.21 Å². The van der Waals surface area contributed by atoms with E-state index in [1.807, 2.05) is 22.8 Å². The first-order valence-electron chi connectivity index (χ1n) is 7.09. The normalized spacial score (nSPS) is 10.9. The van der Waals surface area contributed by atoms with Crippen molar-refractivity contribution in [2.24, 2.45) is 0 Å². The highest BCUT2D eigenvalue weighted by Gasteiger charge is 2.17. The molecule has 0 aliphatic rings. The highest BCUT2D eigenvalue weighted by molar-refractivity contribution is 9.10. The molecule has 0 radical (unpaired) electrons. The number of furan rings is 1. The minimum absolute atomic E-state index is 0.284. The van der Waals surface area contributed by atoms with Crippen LogP contribution in [0.3, 0.4) is 0 Å². The zero-order valence-corrected chi connectivity index (χ0v) is 14.8. The molecule has 7 heteroatoms. The van der Waals surface area contributed by atoms with Gasteiger partial charge in [0.2, 0.25) is 0 Å². The first kappa shape index (κ1) is 16.0. The van der Waals surface area contributed by atoms with Crippen LogP contribution < -0.4 is 0 Å². The van der Waals surface area contributed by atoms with Gasteiger partial charge in [-0.3, -0.25) is 4.79 Å². The van der Waals surface area contributed by atoms with E-state index in [9.17, 15) is 4.79 Å². The zero-order chi connectivity index (χ0) is 16.2. The number of hydrogen-bond acceptors (Lipinski definition) is 5. The summed E-state index contributed by atoms with van der Waals surface area (Å²) >= 11 is 4.74. The average molecular weight is 392 g/mol. The van der Waals surface area contributed by atoms with Gasteiger partial charge in [0.1, 0.15) is 5.82 Å². The summed E-state index contributed by atoms with van der Waals surface area (Å²) in [6.45, 7) is 2.81. The lowest BCUT2D eigenvalue weighted by molar-refractivity contribution is 0.109. The molecule has 3 rings (SSSR count). The predicted octanol–water partition coefficient (Wildman–Crippen LogP) is 4.21. The molecule has 0 saturated heterocycles. The molecule has 1 aromatic carbocycles. The molecule has 118 valence electrons. The number of aldehydes is 1. The molecular weight excluding hydrogens is 378 g/mol. The van der Waals surface area contributed by atoms with Crippen LogP contribution in [0, 0.1) is 0 Å². The Morgan fingerprint density at radius 3 is 2.74 bits per heavy atom. The summed E-state index contributed by atoms with van der Waals surface area (Å²) in [5.41, 5.74) is 1.19. The van der Waals surface area contributed by atoms with Crippen molar-refractivity contribution in [1.82, 2.24) is 14.8 Å². The van der Waals surface area contributed by atoms with Gasteiger partial charge in [-0.05, 0) is 40.2 Å². The molecule has 23 heavy (non-hydrogen) atoms. The van der Waals surface area contributed by atoms with Gasteiger partial charge in [0.15, 0.2) is 22.3 Å². The van der Waals surface area contributed by atoms with Crippen LogP contribution in [0.2, 0.25) is 0 Å². The highest BCUT2D eigenvalue weighted by atomic mass is 79.9. The Balaban J connectivity index is 1.85. The molecule has 3 aromatic rings. The van der Waals surface area contributed by atoms with Crippen LogP contribution in [-0.2, 0) is 13.0 Å². The minimum Gasteiger partial charge on any atom is -0.445 e. The van der Waals surface area contributed by atoms with Crippen LogP contribution in [0.1, 0.15) is 28.9 Å². The van der Waals surface area contributed by atoms with Gasteiger partial charge in [-0.2, -0.15) is 0 Å². The summed E-state index contributed by atoms with van der Waals surface area (Å²) in [5, 5.41) is 9.90. The molecule has 0 fully saturated rings. The number of nitrogens with zero attached hydrogens (tertiary/aromatic N) is 3. The van der Waals surface area contributed by atoms with Crippen LogP contribution in [-0.4, -0.2) is 21.1 Å². The Labute approximate surface area is 146 Å². The number of carbonyl (C=O) groups excluding carboxylic acids is 1. The SMILES string of the molecule is CCn1c(Cc2ccccc2)nnc1Sc1oc(C=O)cc1Br. The Bertz CT molecular complexity index is 814. The number of hydrogen-bond donors (Lipinski definition) is 0. The third kappa shape index (κ3) is 3.56. The maximum Gasteiger partial charge on any atom is 0.199 e. The molecule has 0 aliphatic carbocycles. The molecule has 0 saturated carbocycles. The lowest BCUT2D eigenvalue weighted by Crippen LogP contribution is -2.04. The van der Waals surface area contributed by atoms with Gasteiger partial charge in [-0.1, -0.05) is 30.3 Å². The van der Waals surface area contributed by atoms with E-state index < -0.39 is 0 Å². The second-order valence-electron chi connectivity index (χ2n) is 4.81. The summed E-state index contributed by atoms with van der Waals surface area (Å²) in [6, 6.07) is 11.8. The van der Waals surface area contributed by atoms with Crippen LogP contribution in [0.15, 0.2) is 55.5 Å². The monoisotopic (exact) mass is 391 g/mol. The first-order valence-corrected chi connectivity index (χ1v) is 8.70. The van der Waals surface area contributed by atoms with E-state index in [2.05, 4.69) is 45.2 Å². The molecule has 0 amide bonds. The molecule has 0 atom stereocenters. The van der Waals surface area contributed by atoms with E-state index in [1.165, 1.54) is 17.3 Å². The predicted molar refractivity (Wildman–Crippen MR) is 90.9 cm³/mol. The van der Waals surface area contributed by atoms with E-state index >= 15 is 0 Å². The summed E-state index contributed by atoms with van der Waals surface area (Å²) in [7, 11) is 0. The Kier molecular flexibility index (Phi) is 4.97. The molecular formula is C16H14BrN3O2S. The van der Waals surface area contributed by atoms with Gasteiger partial charge < -0.3 is 8.98 Å². The average Bonchev–Trinajstić information content (AvgIpc) is 3.12. The molecule has 2 heterocycles. The molecule has 2 aromatic heterocycles. The van der Waals surface area contributed by atoms with Crippen LogP contribution in [0.25, 0.3) is 0 Å². The van der Waals surface area contributed by atoms with E-state index in [4.69, 9.17) is 4.42 Å².